The standard InChI is InChI=1S/C28H20FN3O2/c1-33-21-13-11-20(12-14-21)32-27-25-24(18-6-9-19(29)10-7-18)23-15-8-17-4-2-3-5-22(17)26(23)34-28(25)31-16-30-27/h2-16,24H,1H3,(H,30,31,32). The summed E-state index contributed by atoms with van der Waals surface area (Å²) in [6.45, 7) is 0. The van der Waals surface area contributed by atoms with Crippen molar-refractivity contribution in [2.75, 3.05) is 12.4 Å². The van der Waals surface area contributed by atoms with Crippen LogP contribution in [-0.2, 0) is 0 Å². The zero-order valence-electron chi connectivity index (χ0n) is 18.3. The number of nitrogens with one attached hydrogen (secondary N) is 1. The van der Waals surface area contributed by atoms with Crippen molar-refractivity contribution in [1.29, 1.82) is 0 Å². The predicted octanol–water partition coefficient (Wildman–Crippen LogP) is 6.81. The van der Waals surface area contributed by atoms with Crippen molar-refractivity contribution in [2.45, 2.75) is 5.92 Å². The molecule has 1 unspecified atom stereocenters. The van der Waals surface area contributed by atoms with Gasteiger partial charge in [0, 0.05) is 22.6 Å². The van der Waals surface area contributed by atoms with Gasteiger partial charge in [0.1, 0.15) is 29.5 Å². The van der Waals surface area contributed by atoms with Gasteiger partial charge >= 0.3 is 0 Å². The van der Waals surface area contributed by atoms with E-state index in [9.17, 15) is 4.39 Å². The lowest BCUT2D eigenvalue weighted by Crippen LogP contribution is -2.16. The quantitative estimate of drug-likeness (QED) is 0.320. The van der Waals surface area contributed by atoms with Gasteiger partial charge in [-0.1, -0.05) is 48.5 Å². The van der Waals surface area contributed by atoms with Crippen LogP contribution in [0.4, 0.5) is 15.9 Å². The number of aromatic nitrogens is 2. The molecule has 6 rings (SSSR count). The zero-order chi connectivity index (χ0) is 23.1. The molecule has 1 N–H and O–H groups in total. The van der Waals surface area contributed by atoms with Crippen LogP contribution < -0.4 is 14.8 Å². The number of halogens is 1. The average molecular weight is 449 g/mol. The Bertz CT molecular complexity index is 1500. The van der Waals surface area contributed by atoms with Crippen molar-refractivity contribution in [2.24, 2.45) is 0 Å². The Labute approximate surface area is 195 Å². The number of ether oxygens (including phenoxy) is 2. The highest BCUT2D eigenvalue weighted by Crippen LogP contribution is 2.51. The van der Waals surface area contributed by atoms with Crippen LogP contribution in [0.3, 0.4) is 0 Å². The number of fused-ring (bicyclic) bond motifs is 4. The van der Waals surface area contributed by atoms with Crippen molar-refractivity contribution in [3.05, 3.63) is 114 Å². The molecule has 0 amide bonds. The predicted molar refractivity (Wildman–Crippen MR) is 130 cm³/mol. The largest absolute Gasteiger partial charge is 0.497 e. The molecular formula is C28H20FN3O2. The van der Waals surface area contributed by atoms with Crippen molar-refractivity contribution in [3.8, 4) is 17.4 Å². The van der Waals surface area contributed by atoms with Crippen molar-refractivity contribution < 1.29 is 13.9 Å². The molecule has 4 aromatic carbocycles. The average Bonchev–Trinajstić information content (AvgIpc) is 2.88. The molecule has 5 aromatic rings. The van der Waals surface area contributed by atoms with Gasteiger partial charge in [0.15, 0.2) is 0 Å². The molecule has 0 fully saturated rings. The second-order valence-corrected chi connectivity index (χ2v) is 8.09. The third-order valence-corrected chi connectivity index (χ3v) is 6.11. The number of rotatable bonds is 4. The maximum atomic E-state index is 13.8. The Balaban J connectivity index is 1.54. The number of benzene rings is 4. The summed E-state index contributed by atoms with van der Waals surface area (Å²) in [4.78, 5) is 9.03. The summed E-state index contributed by atoms with van der Waals surface area (Å²) in [5.41, 5.74) is 3.55. The van der Waals surface area contributed by atoms with Crippen LogP contribution in [0.15, 0.2) is 91.3 Å². The van der Waals surface area contributed by atoms with E-state index in [2.05, 4.69) is 33.5 Å². The minimum absolute atomic E-state index is 0.245. The molecule has 6 heteroatoms. The van der Waals surface area contributed by atoms with E-state index >= 15 is 0 Å². The third kappa shape index (κ3) is 3.40. The molecule has 1 aliphatic rings. The third-order valence-electron chi connectivity index (χ3n) is 6.11. The highest BCUT2D eigenvalue weighted by molar-refractivity contribution is 5.91. The first-order valence-electron chi connectivity index (χ1n) is 10.9. The monoisotopic (exact) mass is 449 g/mol. The number of hydrogen-bond acceptors (Lipinski definition) is 5. The fourth-order valence-corrected chi connectivity index (χ4v) is 4.49. The highest BCUT2D eigenvalue weighted by Gasteiger charge is 2.34. The van der Waals surface area contributed by atoms with Gasteiger partial charge in [-0.25, -0.2) is 14.4 Å². The van der Waals surface area contributed by atoms with E-state index < -0.39 is 0 Å². The molecule has 1 aromatic heterocycles. The van der Waals surface area contributed by atoms with Gasteiger partial charge in [0.2, 0.25) is 5.88 Å². The normalized spacial score (nSPS) is 14.1. The first-order chi connectivity index (χ1) is 16.7. The summed E-state index contributed by atoms with van der Waals surface area (Å²) < 4.78 is 25.5. The summed E-state index contributed by atoms with van der Waals surface area (Å²) in [6.07, 6.45) is 1.49. The molecule has 0 radical (unpaired) electrons. The highest BCUT2D eigenvalue weighted by atomic mass is 19.1. The second kappa shape index (κ2) is 8.15. The molecule has 5 nitrogen and oxygen atoms in total. The second-order valence-electron chi connectivity index (χ2n) is 8.09. The number of anilines is 2. The Hall–Kier alpha value is -4.45. The van der Waals surface area contributed by atoms with Gasteiger partial charge in [-0.3, -0.25) is 0 Å². The smallest absolute Gasteiger partial charge is 0.228 e. The van der Waals surface area contributed by atoms with Crippen LogP contribution in [0, 0.1) is 5.82 Å². The van der Waals surface area contributed by atoms with Gasteiger partial charge in [-0.05, 0) is 47.3 Å². The molecule has 1 atom stereocenters. The first-order valence-corrected chi connectivity index (χ1v) is 10.9. The van der Waals surface area contributed by atoms with Crippen molar-refractivity contribution in [1.82, 2.24) is 9.97 Å². The van der Waals surface area contributed by atoms with Gasteiger partial charge in [0.05, 0.1) is 12.7 Å². The van der Waals surface area contributed by atoms with Crippen LogP contribution in [0.25, 0.3) is 10.8 Å². The minimum Gasteiger partial charge on any atom is -0.497 e. The Morgan fingerprint density at radius 3 is 2.47 bits per heavy atom. The number of methoxy groups -OCH3 is 1. The van der Waals surface area contributed by atoms with E-state index in [4.69, 9.17) is 9.47 Å². The molecule has 2 heterocycles. The number of hydrogen-bond donors (Lipinski definition) is 1. The van der Waals surface area contributed by atoms with Gasteiger partial charge < -0.3 is 14.8 Å². The van der Waals surface area contributed by atoms with E-state index in [0.717, 1.165) is 44.6 Å². The van der Waals surface area contributed by atoms with Crippen LogP contribution in [-0.4, -0.2) is 17.1 Å². The molecule has 0 saturated heterocycles. The first kappa shape index (κ1) is 20.2. The summed E-state index contributed by atoms with van der Waals surface area (Å²) in [5.74, 6) is 2.10. The Kier molecular flexibility index (Phi) is 4.84. The van der Waals surface area contributed by atoms with E-state index in [-0.39, 0.29) is 11.7 Å². The zero-order valence-corrected chi connectivity index (χ0v) is 18.3. The van der Waals surface area contributed by atoms with E-state index in [1.807, 2.05) is 42.5 Å². The molecule has 1 aliphatic heterocycles. The lowest BCUT2D eigenvalue weighted by atomic mass is 9.82. The molecular weight excluding hydrogens is 429 g/mol. The van der Waals surface area contributed by atoms with Crippen LogP contribution >= 0.6 is 0 Å². The molecule has 166 valence electrons. The molecule has 34 heavy (non-hydrogen) atoms. The summed E-state index contributed by atoms with van der Waals surface area (Å²) in [5, 5.41) is 5.48. The van der Waals surface area contributed by atoms with Gasteiger partial charge in [-0.15, -0.1) is 0 Å². The number of nitrogens with zero attached hydrogens (tertiary/aromatic N) is 2. The summed E-state index contributed by atoms with van der Waals surface area (Å²) in [6, 6.07) is 26.4. The molecule has 0 saturated carbocycles. The Morgan fingerprint density at radius 1 is 0.882 bits per heavy atom. The lowest BCUT2D eigenvalue weighted by Gasteiger charge is -2.30. The van der Waals surface area contributed by atoms with Crippen molar-refractivity contribution in [3.63, 3.8) is 0 Å². The summed E-state index contributed by atoms with van der Waals surface area (Å²) >= 11 is 0. The van der Waals surface area contributed by atoms with E-state index in [1.165, 1.54) is 18.5 Å². The summed E-state index contributed by atoms with van der Waals surface area (Å²) in [7, 11) is 1.63. The van der Waals surface area contributed by atoms with Gasteiger partial charge in [0.25, 0.3) is 0 Å². The fourth-order valence-electron chi connectivity index (χ4n) is 4.49. The van der Waals surface area contributed by atoms with Gasteiger partial charge in [-0.2, -0.15) is 0 Å². The van der Waals surface area contributed by atoms with E-state index in [0.29, 0.717) is 11.7 Å². The maximum absolute atomic E-state index is 13.8. The SMILES string of the molecule is COc1ccc(Nc2ncnc3c2C(c2ccc(F)cc2)c2ccc4ccccc4c2O3)cc1. The molecule has 0 bridgehead atoms. The van der Waals surface area contributed by atoms with E-state index in [1.54, 1.807) is 19.2 Å². The molecule has 0 aliphatic carbocycles. The Morgan fingerprint density at radius 2 is 1.68 bits per heavy atom. The topological polar surface area (TPSA) is 56.3 Å². The van der Waals surface area contributed by atoms with Crippen LogP contribution in [0.1, 0.15) is 22.6 Å². The maximum Gasteiger partial charge on any atom is 0.228 e. The fraction of sp³-hybridized carbons (Fsp3) is 0.0714. The van der Waals surface area contributed by atoms with Crippen molar-refractivity contribution >= 4 is 22.3 Å². The lowest BCUT2D eigenvalue weighted by molar-refractivity contribution is 0.415. The van der Waals surface area contributed by atoms with Crippen LogP contribution in [0.2, 0.25) is 0 Å². The molecule has 0 spiro atoms. The van der Waals surface area contributed by atoms with Crippen LogP contribution in [0.5, 0.6) is 17.4 Å². The minimum atomic E-state index is -0.282.